The maximum atomic E-state index is 13.0. The number of aryl methyl sites for hydroxylation is 1. The average molecular weight is 509 g/mol. The number of halogens is 2. The van der Waals surface area contributed by atoms with Crippen molar-refractivity contribution < 1.29 is 19.2 Å². The van der Waals surface area contributed by atoms with Crippen LogP contribution in [0.2, 0.25) is 5.02 Å². The number of nitrogens with two attached hydrogens (primary N) is 1. The predicted molar refractivity (Wildman–Crippen MR) is 135 cm³/mol. The van der Waals surface area contributed by atoms with Crippen molar-refractivity contribution in [3.8, 4) is 0 Å². The van der Waals surface area contributed by atoms with Crippen LogP contribution in [-0.2, 0) is 9.59 Å². The van der Waals surface area contributed by atoms with Crippen LogP contribution in [0.25, 0.3) is 0 Å². The molecule has 0 atom stereocenters. The topological polar surface area (TPSA) is 122 Å². The van der Waals surface area contributed by atoms with E-state index in [-0.39, 0.29) is 22.0 Å². The first kappa shape index (κ1) is 24.0. The molecule has 0 unspecified atom stereocenters. The summed E-state index contributed by atoms with van der Waals surface area (Å²) < 4.78 is 0. The van der Waals surface area contributed by atoms with Crippen LogP contribution in [0.3, 0.4) is 0 Å². The number of hydrogen-bond acceptors (Lipinski definition) is 5. The largest absolute Gasteiger partial charge is 0.366 e. The van der Waals surface area contributed by atoms with Gasteiger partial charge >= 0.3 is 0 Å². The van der Waals surface area contributed by atoms with Crippen LogP contribution in [0.15, 0.2) is 77.5 Å². The lowest BCUT2D eigenvalue weighted by atomic mass is 10.1. The Labute approximate surface area is 210 Å². The van der Waals surface area contributed by atoms with Gasteiger partial charge in [0, 0.05) is 27.5 Å². The van der Waals surface area contributed by atoms with Gasteiger partial charge in [-0.05, 0) is 67.1 Å². The summed E-state index contributed by atoms with van der Waals surface area (Å²) in [6.07, 6.45) is 0. The first-order chi connectivity index (χ1) is 16.7. The fourth-order valence-electron chi connectivity index (χ4n) is 3.41. The number of carbonyl (C=O) groups excluding carboxylic acids is 4. The van der Waals surface area contributed by atoms with Gasteiger partial charge in [0.05, 0.1) is 5.69 Å². The highest BCUT2D eigenvalue weighted by atomic mass is 35.5. The first-order valence-electron chi connectivity index (χ1n) is 10.3. The second kappa shape index (κ2) is 9.61. The van der Waals surface area contributed by atoms with E-state index < -0.39 is 23.6 Å². The summed E-state index contributed by atoms with van der Waals surface area (Å²) in [6, 6.07) is 17.3. The summed E-state index contributed by atoms with van der Waals surface area (Å²) in [4.78, 5) is 50.6. The van der Waals surface area contributed by atoms with Crippen LogP contribution in [0.1, 0.15) is 26.3 Å². The lowest BCUT2D eigenvalue weighted by molar-refractivity contribution is -0.120. The molecular weight excluding hydrogens is 491 g/mol. The quantitative estimate of drug-likeness (QED) is 0.425. The Morgan fingerprint density at radius 2 is 1.57 bits per heavy atom. The number of benzene rings is 3. The van der Waals surface area contributed by atoms with Crippen molar-refractivity contribution in [2.45, 2.75) is 6.92 Å². The number of nitrogens with zero attached hydrogens (tertiary/aromatic N) is 1. The van der Waals surface area contributed by atoms with Gasteiger partial charge in [0.1, 0.15) is 10.7 Å². The molecule has 0 saturated carbocycles. The molecule has 0 fully saturated rings. The highest BCUT2D eigenvalue weighted by molar-refractivity contribution is 6.53. The molecule has 176 valence electrons. The molecule has 3 aromatic rings. The molecular formula is C25H18Cl2N4O4. The third-order valence-electron chi connectivity index (χ3n) is 5.28. The molecule has 10 heteroatoms. The molecule has 4 rings (SSSR count). The van der Waals surface area contributed by atoms with Crippen molar-refractivity contribution in [3.05, 3.63) is 99.2 Å². The SMILES string of the molecule is Cc1ccc(C(=O)Nc2ccc(C(N)=O)cc2)cc1NC1=C(Cl)C(=O)N(c2cccc(Cl)c2)C1=O. The number of hydrogen-bond donors (Lipinski definition) is 3. The van der Waals surface area contributed by atoms with Crippen molar-refractivity contribution in [1.29, 1.82) is 0 Å². The molecule has 4 N–H and O–H groups in total. The van der Waals surface area contributed by atoms with Gasteiger partial charge in [0.25, 0.3) is 17.7 Å². The highest BCUT2D eigenvalue weighted by Gasteiger charge is 2.39. The number of nitrogens with one attached hydrogen (secondary N) is 2. The van der Waals surface area contributed by atoms with E-state index in [1.165, 1.54) is 18.2 Å². The zero-order chi connectivity index (χ0) is 25.3. The van der Waals surface area contributed by atoms with Crippen LogP contribution in [0.5, 0.6) is 0 Å². The molecule has 0 spiro atoms. The molecule has 0 radical (unpaired) electrons. The fourth-order valence-corrected chi connectivity index (χ4v) is 3.81. The Kier molecular flexibility index (Phi) is 6.59. The maximum Gasteiger partial charge on any atom is 0.283 e. The lowest BCUT2D eigenvalue weighted by Crippen LogP contribution is -2.32. The van der Waals surface area contributed by atoms with Crippen molar-refractivity contribution in [1.82, 2.24) is 0 Å². The summed E-state index contributed by atoms with van der Waals surface area (Å²) in [5.41, 5.74) is 7.61. The minimum absolute atomic E-state index is 0.112. The Hall–Kier alpha value is -4.14. The molecule has 1 aliphatic heterocycles. The van der Waals surface area contributed by atoms with Gasteiger partial charge in [-0.3, -0.25) is 19.2 Å². The van der Waals surface area contributed by atoms with Crippen molar-refractivity contribution >= 4 is 63.9 Å². The highest BCUT2D eigenvalue weighted by Crippen LogP contribution is 2.32. The Balaban J connectivity index is 1.56. The van der Waals surface area contributed by atoms with Crippen LogP contribution >= 0.6 is 23.2 Å². The Morgan fingerprint density at radius 1 is 0.886 bits per heavy atom. The zero-order valence-electron chi connectivity index (χ0n) is 18.3. The molecule has 8 nitrogen and oxygen atoms in total. The number of imide groups is 1. The number of amides is 4. The maximum absolute atomic E-state index is 13.0. The molecule has 0 aromatic heterocycles. The number of primary amides is 1. The average Bonchev–Trinajstić information content (AvgIpc) is 3.03. The van der Waals surface area contributed by atoms with Crippen molar-refractivity contribution in [2.75, 3.05) is 15.5 Å². The third-order valence-corrected chi connectivity index (χ3v) is 5.87. The van der Waals surface area contributed by atoms with Gasteiger partial charge in [0.15, 0.2) is 0 Å². The lowest BCUT2D eigenvalue weighted by Gasteiger charge is -2.16. The second-order valence-corrected chi connectivity index (χ2v) is 8.48. The molecule has 35 heavy (non-hydrogen) atoms. The molecule has 1 aliphatic rings. The van der Waals surface area contributed by atoms with E-state index in [1.54, 1.807) is 55.5 Å². The monoisotopic (exact) mass is 508 g/mol. The van der Waals surface area contributed by atoms with E-state index in [1.807, 2.05) is 0 Å². The van der Waals surface area contributed by atoms with Gasteiger partial charge in [-0.25, -0.2) is 4.90 Å². The minimum Gasteiger partial charge on any atom is -0.366 e. The normalized spacial score (nSPS) is 13.3. The van der Waals surface area contributed by atoms with E-state index in [2.05, 4.69) is 10.6 Å². The molecule has 0 saturated heterocycles. The first-order valence-corrected chi connectivity index (χ1v) is 11.0. The van der Waals surface area contributed by atoms with Crippen LogP contribution in [0, 0.1) is 6.92 Å². The summed E-state index contributed by atoms with van der Waals surface area (Å²) in [5, 5.41) is 5.71. The number of anilines is 3. The van der Waals surface area contributed by atoms with Gasteiger partial charge in [-0.1, -0.05) is 35.3 Å². The molecule has 0 bridgehead atoms. The fraction of sp³-hybridized carbons (Fsp3) is 0.0400. The summed E-state index contributed by atoms with van der Waals surface area (Å²) in [5.74, 6) is -2.33. The second-order valence-electron chi connectivity index (χ2n) is 7.66. The van der Waals surface area contributed by atoms with E-state index in [9.17, 15) is 19.2 Å². The summed E-state index contributed by atoms with van der Waals surface area (Å²) in [7, 11) is 0. The van der Waals surface area contributed by atoms with Gasteiger partial charge < -0.3 is 16.4 Å². The number of carbonyl (C=O) groups is 4. The van der Waals surface area contributed by atoms with Gasteiger partial charge in [-0.15, -0.1) is 0 Å². The van der Waals surface area contributed by atoms with Gasteiger partial charge in [-0.2, -0.15) is 0 Å². The Bertz CT molecular complexity index is 1420. The third kappa shape index (κ3) is 4.89. The predicted octanol–water partition coefficient (Wildman–Crippen LogP) is 4.44. The van der Waals surface area contributed by atoms with E-state index in [0.717, 1.165) is 4.90 Å². The standard InChI is InChI=1S/C25H18Cl2N4O4/c1-13-5-6-15(23(33)29-17-9-7-14(8-10-17)22(28)32)11-19(13)30-21-20(27)24(34)31(25(21)35)18-4-2-3-16(26)12-18/h2-12,30H,1H3,(H2,28,32)(H,29,33). The summed E-state index contributed by atoms with van der Waals surface area (Å²) >= 11 is 12.2. The number of rotatable bonds is 6. The molecule has 4 amide bonds. The smallest absolute Gasteiger partial charge is 0.283 e. The zero-order valence-corrected chi connectivity index (χ0v) is 19.8. The van der Waals surface area contributed by atoms with E-state index in [0.29, 0.717) is 27.5 Å². The van der Waals surface area contributed by atoms with Crippen LogP contribution in [0.4, 0.5) is 17.1 Å². The van der Waals surface area contributed by atoms with Crippen LogP contribution in [-0.4, -0.2) is 23.6 Å². The summed E-state index contributed by atoms with van der Waals surface area (Å²) in [6.45, 7) is 1.77. The van der Waals surface area contributed by atoms with Crippen molar-refractivity contribution in [3.63, 3.8) is 0 Å². The Morgan fingerprint density at radius 3 is 2.23 bits per heavy atom. The minimum atomic E-state index is -0.688. The van der Waals surface area contributed by atoms with Crippen molar-refractivity contribution in [2.24, 2.45) is 5.73 Å². The van der Waals surface area contributed by atoms with E-state index >= 15 is 0 Å². The van der Waals surface area contributed by atoms with E-state index in [4.69, 9.17) is 28.9 Å². The van der Waals surface area contributed by atoms with Crippen LogP contribution < -0.4 is 21.3 Å². The molecule has 0 aliphatic carbocycles. The molecule has 1 heterocycles. The van der Waals surface area contributed by atoms with Gasteiger partial charge in [0.2, 0.25) is 5.91 Å². The molecule has 3 aromatic carbocycles.